The number of nitrogens with two attached hydrogens (primary N) is 1. The van der Waals surface area contributed by atoms with E-state index in [4.69, 9.17) is 10.5 Å². The SMILES string of the molecule is CC1([C@@H]2C[C@H]2N)CCOCC1. The molecule has 1 heterocycles. The molecule has 1 aliphatic heterocycles. The number of rotatable bonds is 1. The van der Waals surface area contributed by atoms with Gasteiger partial charge in [0.1, 0.15) is 0 Å². The van der Waals surface area contributed by atoms with Crippen molar-refractivity contribution in [3.05, 3.63) is 0 Å². The average Bonchev–Trinajstić information content (AvgIpc) is 2.69. The minimum absolute atomic E-state index is 0.498. The van der Waals surface area contributed by atoms with Crippen LogP contribution in [0, 0.1) is 11.3 Å². The summed E-state index contributed by atoms with van der Waals surface area (Å²) in [6.45, 7) is 4.26. The highest BCUT2D eigenvalue weighted by Crippen LogP contribution is 2.49. The van der Waals surface area contributed by atoms with Crippen LogP contribution in [0.2, 0.25) is 0 Å². The molecule has 2 heteroatoms. The molecule has 0 amide bonds. The molecule has 2 rings (SSSR count). The maximum atomic E-state index is 5.84. The lowest BCUT2D eigenvalue weighted by Gasteiger charge is -2.33. The van der Waals surface area contributed by atoms with Crippen LogP contribution in [-0.4, -0.2) is 19.3 Å². The van der Waals surface area contributed by atoms with E-state index in [1.807, 2.05) is 0 Å². The maximum Gasteiger partial charge on any atom is 0.0471 e. The lowest BCUT2D eigenvalue weighted by Crippen LogP contribution is -2.30. The predicted octanol–water partition coefficient (Wildman–Crippen LogP) is 1.15. The fraction of sp³-hybridized carbons (Fsp3) is 1.00. The molecule has 2 aliphatic rings. The summed E-state index contributed by atoms with van der Waals surface area (Å²) < 4.78 is 5.34. The Bertz CT molecular complexity index is 152. The van der Waals surface area contributed by atoms with Gasteiger partial charge in [0.05, 0.1) is 0 Å². The smallest absolute Gasteiger partial charge is 0.0471 e. The van der Waals surface area contributed by atoms with Crippen molar-refractivity contribution < 1.29 is 4.74 Å². The Morgan fingerprint density at radius 2 is 1.91 bits per heavy atom. The molecule has 11 heavy (non-hydrogen) atoms. The molecule has 0 spiro atoms. The molecule has 1 saturated carbocycles. The van der Waals surface area contributed by atoms with Crippen LogP contribution in [-0.2, 0) is 4.74 Å². The van der Waals surface area contributed by atoms with Gasteiger partial charge in [0.15, 0.2) is 0 Å². The Balaban J connectivity index is 1.97. The molecule has 2 nitrogen and oxygen atoms in total. The van der Waals surface area contributed by atoms with E-state index in [2.05, 4.69) is 6.92 Å². The molecule has 0 bridgehead atoms. The first-order valence-corrected chi connectivity index (χ1v) is 4.56. The normalized spacial score (nSPS) is 42.0. The van der Waals surface area contributed by atoms with Gasteiger partial charge in [-0.15, -0.1) is 0 Å². The first-order chi connectivity index (χ1) is 5.22. The Kier molecular flexibility index (Phi) is 1.69. The van der Waals surface area contributed by atoms with Gasteiger partial charge in [-0.1, -0.05) is 6.92 Å². The molecule has 0 unspecified atom stereocenters. The molecule has 64 valence electrons. The van der Waals surface area contributed by atoms with E-state index in [0.29, 0.717) is 11.5 Å². The minimum Gasteiger partial charge on any atom is -0.381 e. The van der Waals surface area contributed by atoms with Crippen LogP contribution in [0.5, 0.6) is 0 Å². The van der Waals surface area contributed by atoms with E-state index in [-0.39, 0.29) is 0 Å². The summed E-state index contributed by atoms with van der Waals surface area (Å²) in [7, 11) is 0. The van der Waals surface area contributed by atoms with E-state index in [0.717, 1.165) is 19.1 Å². The summed E-state index contributed by atoms with van der Waals surface area (Å²) >= 11 is 0. The largest absolute Gasteiger partial charge is 0.381 e. The minimum atomic E-state index is 0.498. The van der Waals surface area contributed by atoms with Crippen molar-refractivity contribution in [1.29, 1.82) is 0 Å². The molecule has 2 N–H and O–H groups in total. The van der Waals surface area contributed by atoms with Gasteiger partial charge in [0, 0.05) is 19.3 Å². The van der Waals surface area contributed by atoms with E-state index in [1.54, 1.807) is 0 Å². The van der Waals surface area contributed by atoms with Crippen molar-refractivity contribution in [2.75, 3.05) is 13.2 Å². The third-order valence-electron chi connectivity index (χ3n) is 3.37. The number of hydrogen-bond acceptors (Lipinski definition) is 2. The topological polar surface area (TPSA) is 35.2 Å². The number of ether oxygens (including phenoxy) is 1. The monoisotopic (exact) mass is 155 g/mol. The zero-order valence-corrected chi connectivity index (χ0v) is 7.18. The first-order valence-electron chi connectivity index (χ1n) is 4.56. The van der Waals surface area contributed by atoms with Gasteiger partial charge >= 0.3 is 0 Å². The molecule has 2 fully saturated rings. The molecular formula is C9H17NO. The highest BCUT2D eigenvalue weighted by molar-refractivity contribution is 5.01. The molecule has 2 atom stereocenters. The third kappa shape index (κ3) is 1.30. The molecule has 0 aromatic heterocycles. The molecule has 0 aromatic rings. The second-order valence-corrected chi connectivity index (χ2v) is 4.27. The Morgan fingerprint density at radius 1 is 1.36 bits per heavy atom. The highest BCUT2D eigenvalue weighted by atomic mass is 16.5. The zero-order valence-electron chi connectivity index (χ0n) is 7.18. The van der Waals surface area contributed by atoms with Gasteiger partial charge < -0.3 is 10.5 Å². The Labute approximate surface area is 68.1 Å². The predicted molar refractivity (Wildman–Crippen MR) is 44.2 cm³/mol. The van der Waals surface area contributed by atoms with Gasteiger partial charge in [-0.25, -0.2) is 0 Å². The van der Waals surface area contributed by atoms with Gasteiger partial charge in [-0.3, -0.25) is 0 Å². The van der Waals surface area contributed by atoms with Crippen molar-refractivity contribution in [1.82, 2.24) is 0 Å². The summed E-state index contributed by atoms with van der Waals surface area (Å²) in [5.41, 5.74) is 6.35. The molecular weight excluding hydrogens is 138 g/mol. The first kappa shape index (κ1) is 7.56. The van der Waals surface area contributed by atoms with E-state index < -0.39 is 0 Å². The standard InChI is InChI=1S/C9H17NO/c1-9(7-6-8(7)10)2-4-11-5-3-9/h7-8H,2-6,10H2,1H3/t7-,8-/m1/s1. The Hall–Kier alpha value is -0.0800. The van der Waals surface area contributed by atoms with Crippen LogP contribution in [0.1, 0.15) is 26.2 Å². The second-order valence-electron chi connectivity index (χ2n) is 4.27. The molecule has 0 radical (unpaired) electrons. The van der Waals surface area contributed by atoms with Crippen LogP contribution in [0.15, 0.2) is 0 Å². The lowest BCUT2D eigenvalue weighted by molar-refractivity contribution is 0.0119. The average molecular weight is 155 g/mol. The lowest BCUT2D eigenvalue weighted by atomic mass is 9.77. The van der Waals surface area contributed by atoms with Crippen molar-refractivity contribution in [3.63, 3.8) is 0 Å². The summed E-state index contributed by atoms with van der Waals surface area (Å²) in [4.78, 5) is 0. The van der Waals surface area contributed by atoms with Crippen molar-refractivity contribution >= 4 is 0 Å². The van der Waals surface area contributed by atoms with E-state index >= 15 is 0 Å². The summed E-state index contributed by atoms with van der Waals surface area (Å²) in [5.74, 6) is 0.798. The summed E-state index contributed by atoms with van der Waals surface area (Å²) in [6, 6.07) is 0.498. The summed E-state index contributed by atoms with van der Waals surface area (Å²) in [5, 5.41) is 0. The third-order valence-corrected chi connectivity index (χ3v) is 3.37. The van der Waals surface area contributed by atoms with Gasteiger partial charge in [0.25, 0.3) is 0 Å². The van der Waals surface area contributed by atoms with Crippen LogP contribution < -0.4 is 5.73 Å². The van der Waals surface area contributed by atoms with Crippen molar-refractivity contribution in [3.8, 4) is 0 Å². The van der Waals surface area contributed by atoms with Gasteiger partial charge in [-0.05, 0) is 30.6 Å². The Morgan fingerprint density at radius 3 is 2.36 bits per heavy atom. The summed E-state index contributed by atoms with van der Waals surface area (Å²) in [6.07, 6.45) is 3.67. The van der Waals surface area contributed by atoms with E-state index in [1.165, 1.54) is 19.3 Å². The van der Waals surface area contributed by atoms with Gasteiger partial charge in [0.2, 0.25) is 0 Å². The van der Waals surface area contributed by atoms with Crippen LogP contribution in [0.25, 0.3) is 0 Å². The van der Waals surface area contributed by atoms with Crippen LogP contribution in [0.3, 0.4) is 0 Å². The molecule has 1 aliphatic carbocycles. The van der Waals surface area contributed by atoms with Crippen molar-refractivity contribution in [2.24, 2.45) is 17.1 Å². The molecule has 0 aromatic carbocycles. The fourth-order valence-corrected chi connectivity index (χ4v) is 2.22. The van der Waals surface area contributed by atoms with Crippen LogP contribution in [0.4, 0.5) is 0 Å². The van der Waals surface area contributed by atoms with Crippen LogP contribution >= 0.6 is 0 Å². The second kappa shape index (κ2) is 2.46. The van der Waals surface area contributed by atoms with Crippen molar-refractivity contribution in [2.45, 2.75) is 32.2 Å². The zero-order chi connectivity index (χ0) is 7.90. The maximum absolute atomic E-state index is 5.84. The van der Waals surface area contributed by atoms with Gasteiger partial charge in [-0.2, -0.15) is 0 Å². The highest BCUT2D eigenvalue weighted by Gasteiger charge is 2.48. The quantitative estimate of drug-likeness (QED) is 0.616. The van der Waals surface area contributed by atoms with E-state index in [9.17, 15) is 0 Å². The fourth-order valence-electron chi connectivity index (χ4n) is 2.22. The molecule has 1 saturated heterocycles. The number of hydrogen-bond donors (Lipinski definition) is 1.